The predicted molar refractivity (Wildman–Crippen MR) is 88.4 cm³/mol. The molecule has 3 aliphatic heterocycles. The standard InChI is InChI=1S/C18H16F3N3O2/c1-26-16-5-4-12(14-9-15(18(19,20)21)23-24(14)16)10-2-3-13-11(8-10)6-7-22-17(13)25/h2-5,8-9,15,23H,6-7H2,1H3,(H,22,25). The Balaban J connectivity index is 1.77. The smallest absolute Gasteiger partial charge is 0.409 e. The summed E-state index contributed by atoms with van der Waals surface area (Å²) in [7, 11) is 1.41. The van der Waals surface area contributed by atoms with Crippen molar-refractivity contribution in [3.05, 3.63) is 64.7 Å². The number of halogens is 3. The highest BCUT2D eigenvalue weighted by molar-refractivity contribution is 5.97. The van der Waals surface area contributed by atoms with Gasteiger partial charge in [0.1, 0.15) is 6.04 Å². The van der Waals surface area contributed by atoms with Gasteiger partial charge >= 0.3 is 6.18 Å². The molecule has 2 N–H and O–H groups in total. The molecule has 1 aromatic carbocycles. The van der Waals surface area contributed by atoms with Crippen molar-refractivity contribution >= 4 is 11.5 Å². The molecule has 1 amide bonds. The minimum absolute atomic E-state index is 0.127. The van der Waals surface area contributed by atoms with Crippen LogP contribution in [0, 0.1) is 0 Å². The lowest BCUT2D eigenvalue weighted by Crippen LogP contribution is -2.44. The molecule has 3 aliphatic rings. The third-order valence-corrected chi connectivity index (χ3v) is 4.63. The summed E-state index contributed by atoms with van der Waals surface area (Å²) in [6.07, 6.45) is 0.761. The van der Waals surface area contributed by atoms with E-state index in [1.807, 2.05) is 6.07 Å². The molecule has 5 nitrogen and oxygen atoms in total. The van der Waals surface area contributed by atoms with Gasteiger partial charge in [-0.2, -0.15) is 13.2 Å². The number of methoxy groups -OCH3 is 1. The van der Waals surface area contributed by atoms with Crippen LogP contribution < -0.4 is 10.7 Å². The second kappa shape index (κ2) is 5.91. The molecule has 0 spiro atoms. The normalized spacial score (nSPS) is 22.0. The number of ether oxygens (including phenoxy) is 1. The van der Waals surface area contributed by atoms with E-state index in [4.69, 9.17) is 4.74 Å². The first-order valence-electron chi connectivity index (χ1n) is 8.11. The largest absolute Gasteiger partial charge is 0.481 e. The molecule has 0 radical (unpaired) electrons. The number of hydrogen-bond donors (Lipinski definition) is 2. The summed E-state index contributed by atoms with van der Waals surface area (Å²) in [5, 5.41) is 4.08. The molecule has 0 aromatic heterocycles. The van der Waals surface area contributed by atoms with E-state index in [-0.39, 0.29) is 11.8 Å². The van der Waals surface area contributed by atoms with Gasteiger partial charge in [0.05, 0.1) is 12.8 Å². The summed E-state index contributed by atoms with van der Waals surface area (Å²) < 4.78 is 44.7. The molecule has 1 unspecified atom stereocenters. The average Bonchev–Trinajstić information content (AvgIpc) is 3.06. The van der Waals surface area contributed by atoms with Gasteiger partial charge in [-0.1, -0.05) is 12.1 Å². The van der Waals surface area contributed by atoms with E-state index in [1.54, 1.807) is 24.3 Å². The Morgan fingerprint density at radius 1 is 1.27 bits per heavy atom. The number of fused-ring (bicyclic) bond motifs is 2. The monoisotopic (exact) mass is 363 g/mol. The summed E-state index contributed by atoms with van der Waals surface area (Å²) in [4.78, 5) is 11.9. The summed E-state index contributed by atoms with van der Waals surface area (Å²) >= 11 is 0. The van der Waals surface area contributed by atoms with Gasteiger partial charge in [-0.15, -0.1) is 0 Å². The van der Waals surface area contributed by atoms with Crippen molar-refractivity contribution in [1.82, 2.24) is 15.8 Å². The molecule has 0 bridgehead atoms. The first-order chi connectivity index (χ1) is 12.4. The Bertz CT molecular complexity index is 871. The Morgan fingerprint density at radius 2 is 2.08 bits per heavy atom. The fourth-order valence-corrected chi connectivity index (χ4v) is 3.35. The van der Waals surface area contributed by atoms with Gasteiger partial charge in [-0.05, 0) is 35.8 Å². The van der Waals surface area contributed by atoms with Crippen LogP contribution >= 0.6 is 0 Å². The third-order valence-electron chi connectivity index (χ3n) is 4.63. The molecule has 0 saturated carbocycles. The fraction of sp³-hybridized carbons (Fsp3) is 0.278. The Kier molecular flexibility index (Phi) is 3.80. The van der Waals surface area contributed by atoms with Crippen LogP contribution in [0.5, 0.6) is 0 Å². The zero-order valence-electron chi connectivity index (χ0n) is 13.9. The Hall–Kier alpha value is -2.74. The molecule has 1 atom stereocenters. The number of hydrazine groups is 1. The molecule has 136 valence electrons. The Labute approximate surface area is 147 Å². The lowest BCUT2D eigenvalue weighted by molar-refractivity contribution is -0.149. The molecule has 4 rings (SSSR count). The third kappa shape index (κ3) is 2.66. The van der Waals surface area contributed by atoms with Gasteiger partial charge in [-0.3, -0.25) is 4.79 Å². The molecular weight excluding hydrogens is 347 g/mol. The molecule has 0 fully saturated rings. The number of allylic oxidation sites excluding steroid dienone is 3. The van der Waals surface area contributed by atoms with Crippen LogP contribution in [0.25, 0.3) is 5.57 Å². The summed E-state index contributed by atoms with van der Waals surface area (Å²) in [6.45, 7) is 0.550. The number of rotatable bonds is 2. The van der Waals surface area contributed by atoms with Crippen molar-refractivity contribution in [2.24, 2.45) is 0 Å². The Morgan fingerprint density at radius 3 is 2.81 bits per heavy atom. The zero-order chi connectivity index (χ0) is 18.5. The highest BCUT2D eigenvalue weighted by Crippen LogP contribution is 2.38. The van der Waals surface area contributed by atoms with Crippen LogP contribution in [-0.4, -0.2) is 36.8 Å². The van der Waals surface area contributed by atoms with E-state index in [9.17, 15) is 18.0 Å². The van der Waals surface area contributed by atoms with Gasteiger partial charge in [0, 0.05) is 23.8 Å². The van der Waals surface area contributed by atoms with Crippen LogP contribution in [0.1, 0.15) is 21.5 Å². The van der Waals surface area contributed by atoms with Crippen molar-refractivity contribution < 1.29 is 22.7 Å². The number of carbonyl (C=O) groups is 1. The van der Waals surface area contributed by atoms with E-state index >= 15 is 0 Å². The lowest BCUT2D eigenvalue weighted by Gasteiger charge is -2.29. The van der Waals surface area contributed by atoms with Gasteiger partial charge in [0.15, 0.2) is 0 Å². The van der Waals surface area contributed by atoms with Crippen molar-refractivity contribution in [3.8, 4) is 0 Å². The highest BCUT2D eigenvalue weighted by atomic mass is 19.4. The fourth-order valence-electron chi connectivity index (χ4n) is 3.35. The van der Waals surface area contributed by atoms with E-state index in [0.717, 1.165) is 17.2 Å². The minimum atomic E-state index is -4.41. The molecule has 0 aliphatic carbocycles. The number of nitrogens with one attached hydrogen (secondary N) is 2. The molecule has 3 heterocycles. The van der Waals surface area contributed by atoms with E-state index in [0.29, 0.717) is 29.8 Å². The average molecular weight is 363 g/mol. The number of nitrogens with zero attached hydrogens (tertiary/aromatic N) is 1. The minimum Gasteiger partial charge on any atom is -0.481 e. The second-order valence-electron chi connectivity index (χ2n) is 6.20. The summed E-state index contributed by atoms with van der Waals surface area (Å²) in [5.74, 6) is 0.154. The number of amides is 1. The first kappa shape index (κ1) is 16.7. The van der Waals surface area contributed by atoms with Crippen LogP contribution in [0.3, 0.4) is 0 Å². The summed E-state index contributed by atoms with van der Waals surface area (Å²) in [5.41, 5.74) is 5.69. The number of alkyl halides is 3. The molecule has 0 saturated heterocycles. The molecule has 8 heteroatoms. The van der Waals surface area contributed by atoms with Crippen LogP contribution in [0.15, 0.2) is 48.0 Å². The zero-order valence-corrected chi connectivity index (χ0v) is 13.9. The van der Waals surface area contributed by atoms with Crippen molar-refractivity contribution in [3.63, 3.8) is 0 Å². The quantitative estimate of drug-likeness (QED) is 0.848. The number of hydrogen-bond acceptors (Lipinski definition) is 4. The highest BCUT2D eigenvalue weighted by Gasteiger charge is 2.45. The maximum atomic E-state index is 13.2. The van der Waals surface area contributed by atoms with E-state index in [1.165, 1.54) is 12.1 Å². The van der Waals surface area contributed by atoms with Gasteiger partial charge in [0.2, 0.25) is 5.88 Å². The SMILES string of the molecule is COC1=CC=C(c2ccc3c(c2)CCNC3=O)C2=CC(C(F)(F)F)NN12. The number of carbonyl (C=O) groups excluding carboxylic acids is 1. The maximum Gasteiger partial charge on any atom is 0.409 e. The lowest BCUT2D eigenvalue weighted by atomic mass is 9.92. The molecular formula is C18H16F3N3O2. The van der Waals surface area contributed by atoms with Crippen LogP contribution in [-0.2, 0) is 11.2 Å². The van der Waals surface area contributed by atoms with Crippen molar-refractivity contribution in [1.29, 1.82) is 0 Å². The van der Waals surface area contributed by atoms with Gasteiger partial charge in [-0.25, -0.2) is 10.4 Å². The topological polar surface area (TPSA) is 53.6 Å². The van der Waals surface area contributed by atoms with E-state index in [2.05, 4.69) is 10.7 Å². The second-order valence-corrected chi connectivity index (χ2v) is 6.20. The van der Waals surface area contributed by atoms with Gasteiger partial charge in [0.25, 0.3) is 5.91 Å². The summed E-state index contributed by atoms with van der Waals surface area (Å²) in [6, 6.07) is 3.54. The van der Waals surface area contributed by atoms with E-state index < -0.39 is 12.2 Å². The predicted octanol–water partition coefficient (Wildman–Crippen LogP) is 2.49. The van der Waals surface area contributed by atoms with Crippen LogP contribution in [0.2, 0.25) is 0 Å². The number of benzene rings is 1. The van der Waals surface area contributed by atoms with Crippen molar-refractivity contribution in [2.45, 2.75) is 18.6 Å². The first-order valence-corrected chi connectivity index (χ1v) is 8.11. The van der Waals surface area contributed by atoms with Crippen LogP contribution in [0.4, 0.5) is 13.2 Å². The van der Waals surface area contributed by atoms with Gasteiger partial charge < -0.3 is 10.1 Å². The van der Waals surface area contributed by atoms with Crippen molar-refractivity contribution in [2.75, 3.05) is 13.7 Å². The molecule has 26 heavy (non-hydrogen) atoms. The maximum absolute atomic E-state index is 13.2. The molecule has 1 aromatic rings.